The van der Waals surface area contributed by atoms with Crippen LogP contribution in [0.15, 0.2) is 12.7 Å². The van der Waals surface area contributed by atoms with E-state index in [0.717, 1.165) is 5.75 Å². The Labute approximate surface area is 59.4 Å². The molecular weight excluding hydrogens is 140 g/mol. The van der Waals surface area contributed by atoms with E-state index in [9.17, 15) is 0 Å². The second-order valence-corrected chi connectivity index (χ2v) is 1.39. The number of aliphatic carboxylic acids is 1. The lowest BCUT2D eigenvalue weighted by molar-refractivity contribution is -0.140. The first-order chi connectivity index (χ1) is 4.18. The molecule has 0 aliphatic heterocycles. The Balaban J connectivity index is 0. The van der Waals surface area contributed by atoms with Crippen molar-refractivity contribution >= 4 is 18.6 Å². The highest BCUT2D eigenvalue weighted by atomic mass is 32.1. The molecule has 0 amide bonds. The Kier molecular flexibility index (Phi) is 13.2. The minimum Gasteiger partial charge on any atom is -0.480 e. The average molecular weight is 150 g/mol. The van der Waals surface area contributed by atoms with E-state index in [1.165, 1.54) is 0 Å². The molecule has 9 heavy (non-hydrogen) atoms. The maximum absolute atomic E-state index is 9.12. The second kappa shape index (κ2) is 10.5. The molecule has 0 aromatic heterocycles. The van der Waals surface area contributed by atoms with E-state index in [-0.39, 0.29) is 0 Å². The van der Waals surface area contributed by atoms with Gasteiger partial charge >= 0.3 is 5.97 Å². The number of carboxylic acids is 1. The van der Waals surface area contributed by atoms with E-state index in [2.05, 4.69) is 19.2 Å². The zero-order valence-electron chi connectivity index (χ0n) is 4.95. The SMILES string of the molecule is C=CCS.O=C(O)CO. The van der Waals surface area contributed by atoms with E-state index < -0.39 is 12.6 Å². The van der Waals surface area contributed by atoms with Crippen LogP contribution in [-0.4, -0.2) is 28.5 Å². The molecule has 0 aromatic rings. The molecule has 0 aromatic carbocycles. The maximum Gasteiger partial charge on any atom is 0.329 e. The van der Waals surface area contributed by atoms with Gasteiger partial charge in [0.05, 0.1) is 0 Å². The quantitative estimate of drug-likeness (QED) is 0.388. The molecule has 0 saturated carbocycles. The fourth-order valence-corrected chi connectivity index (χ4v) is 0. The van der Waals surface area contributed by atoms with Crippen LogP contribution < -0.4 is 0 Å². The van der Waals surface area contributed by atoms with Gasteiger partial charge in [0.1, 0.15) is 6.61 Å². The number of hydrogen-bond acceptors (Lipinski definition) is 3. The first-order valence-electron chi connectivity index (χ1n) is 2.23. The van der Waals surface area contributed by atoms with Crippen molar-refractivity contribution in [2.24, 2.45) is 0 Å². The van der Waals surface area contributed by atoms with Gasteiger partial charge in [-0.25, -0.2) is 4.79 Å². The average Bonchev–Trinajstić information content (AvgIpc) is 1.89. The van der Waals surface area contributed by atoms with Crippen molar-refractivity contribution in [2.45, 2.75) is 0 Å². The molecule has 0 bridgehead atoms. The van der Waals surface area contributed by atoms with Crippen molar-refractivity contribution in [2.75, 3.05) is 12.4 Å². The lowest BCUT2D eigenvalue weighted by Gasteiger charge is -1.72. The van der Waals surface area contributed by atoms with Crippen LogP contribution in [0.3, 0.4) is 0 Å². The second-order valence-electron chi connectivity index (χ2n) is 1.02. The standard InChI is InChI=1S/C3H6S.C2H4O3/c1-2-3-4;3-1-2(4)5/h2,4H,1,3H2;3H,1H2,(H,4,5). The Bertz CT molecular complexity index is 82.3. The van der Waals surface area contributed by atoms with Crippen LogP contribution in [0.4, 0.5) is 0 Å². The van der Waals surface area contributed by atoms with E-state index in [1.54, 1.807) is 6.08 Å². The van der Waals surface area contributed by atoms with Gasteiger partial charge in [0.15, 0.2) is 0 Å². The fourth-order valence-electron chi connectivity index (χ4n) is 0. The van der Waals surface area contributed by atoms with Crippen molar-refractivity contribution in [1.82, 2.24) is 0 Å². The largest absolute Gasteiger partial charge is 0.480 e. The molecule has 3 nitrogen and oxygen atoms in total. The summed E-state index contributed by atoms with van der Waals surface area (Å²) in [6.07, 6.45) is 1.74. The van der Waals surface area contributed by atoms with Crippen LogP contribution in [0.5, 0.6) is 0 Å². The van der Waals surface area contributed by atoms with Gasteiger partial charge in [-0.15, -0.1) is 6.58 Å². The van der Waals surface area contributed by atoms with Gasteiger partial charge in [-0.1, -0.05) is 6.08 Å². The highest BCUT2D eigenvalue weighted by molar-refractivity contribution is 7.80. The predicted octanol–water partition coefficient (Wildman–Crippen LogP) is 0.166. The summed E-state index contributed by atoms with van der Waals surface area (Å²) < 4.78 is 0. The molecule has 0 saturated heterocycles. The summed E-state index contributed by atoms with van der Waals surface area (Å²) in [6.45, 7) is 2.62. The fraction of sp³-hybridized carbons (Fsp3) is 0.400. The number of rotatable bonds is 2. The van der Waals surface area contributed by atoms with Crippen molar-refractivity contribution < 1.29 is 15.0 Å². The third-order valence-corrected chi connectivity index (χ3v) is 0.523. The van der Waals surface area contributed by atoms with E-state index in [4.69, 9.17) is 15.0 Å². The Morgan fingerprint density at radius 1 is 1.78 bits per heavy atom. The minimum absolute atomic E-state index is 0.778. The summed E-state index contributed by atoms with van der Waals surface area (Å²) >= 11 is 3.80. The molecule has 0 spiro atoms. The molecule has 0 atom stereocenters. The van der Waals surface area contributed by atoms with Crippen LogP contribution in [0.2, 0.25) is 0 Å². The number of aliphatic hydroxyl groups excluding tert-OH is 1. The van der Waals surface area contributed by atoms with Crippen LogP contribution in [0.25, 0.3) is 0 Å². The molecule has 2 N–H and O–H groups in total. The third kappa shape index (κ3) is 36.1. The van der Waals surface area contributed by atoms with E-state index in [1.807, 2.05) is 0 Å². The van der Waals surface area contributed by atoms with Crippen molar-refractivity contribution in [3.63, 3.8) is 0 Å². The normalized spacial score (nSPS) is 6.89. The Morgan fingerprint density at radius 2 is 2.00 bits per heavy atom. The first kappa shape index (κ1) is 11.3. The number of thiol groups is 1. The lowest BCUT2D eigenvalue weighted by Crippen LogP contribution is -1.98. The monoisotopic (exact) mass is 150 g/mol. The Hall–Kier alpha value is -0.480. The maximum atomic E-state index is 9.12. The summed E-state index contributed by atoms with van der Waals surface area (Å²) in [5.41, 5.74) is 0. The van der Waals surface area contributed by atoms with Gasteiger partial charge in [0.2, 0.25) is 0 Å². The highest BCUT2D eigenvalue weighted by Gasteiger charge is 1.82. The summed E-state index contributed by atoms with van der Waals surface area (Å²) in [5.74, 6) is -0.412. The van der Waals surface area contributed by atoms with Crippen LogP contribution in [-0.2, 0) is 4.79 Å². The van der Waals surface area contributed by atoms with Gasteiger partial charge in [-0.3, -0.25) is 0 Å². The van der Waals surface area contributed by atoms with Gasteiger partial charge < -0.3 is 10.2 Å². The summed E-state index contributed by atoms with van der Waals surface area (Å²) in [5, 5.41) is 15.0. The molecule has 0 radical (unpaired) electrons. The number of aliphatic hydroxyl groups is 1. The zero-order valence-corrected chi connectivity index (χ0v) is 5.84. The molecule has 0 unspecified atom stereocenters. The van der Waals surface area contributed by atoms with Gasteiger partial charge in [-0.05, 0) is 0 Å². The molecule has 0 aliphatic rings. The molecule has 0 rings (SSSR count). The number of carboxylic acid groups (broad SMARTS) is 1. The lowest BCUT2D eigenvalue weighted by atomic mass is 10.8. The third-order valence-electron chi connectivity index (χ3n) is 0.264. The smallest absolute Gasteiger partial charge is 0.329 e. The molecule has 54 valence electrons. The van der Waals surface area contributed by atoms with Crippen LogP contribution >= 0.6 is 12.6 Å². The molecule has 4 heteroatoms. The molecular formula is C5H10O3S. The zero-order chi connectivity index (χ0) is 7.70. The molecule has 0 aliphatic carbocycles. The van der Waals surface area contributed by atoms with E-state index in [0.29, 0.717) is 0 Å². The summed E-state index contributed by atoms with van der Waals surface area (Å²) in [7, 11) is 0. The Morgan fingerprint density at radius 3 is 2.00 bits per heavy atom. The van der Waals surface area contributed by atoms with Gasteiger partial charge in [0, 0.05) is 5.75 Å². The van der Waals surface area contributed by atoms with Gasteiger partial charge in [0.25, 0.3) is 0 Å². The highest BCUT2D eigenvalue weighted by Crippen LogP contribution is 1.65. The van der Waals surface area contributed by atoms with Crippen LogP contribution in [0.1, 0.15) is 0 Å². The van der Waals surface area contributed by atoms with Crippen molar-refractivity contribution in [1.29, 1.82) is 0 Å². The summed E-state index contributed by atoms with van der Waals surface area (Å²) in [6, 6.07) is 0. The van der Waals surface area contributed by atoms with E-state index >= 15 is 0 Å². The van der Waals surface area contributed by atoms with Crippen molar-refractivity contribution in [3.05, 3.63) is 12.7 Å². The number of hydrogen-bond donors (Lipinski definition) is 3. The van der Waals surface area contributed by atoms with Gasteiger partial charge in [-0.2, -0.15) is 12.6 Å². The molecule has 0 fully saturated rings. The van der Waals surface area contributed by atoms with Crippen molar-refractivity contribution in [3.8, 4) is 0 Å². The predicted molar refractivity (Wildman–Crippen MR) is 38.8 cm³/mol. The summed E-state index contributed by atoms with van der Waals surface area (Å²) in [4.78, 5) is 9.12. The molecule has 0 heterocycles. The first-order valence-corrected chi connectivity index (χ1v) is 2.86. The minimum atomic E-state index is -1.19. The topological polar surface area (TPSA) is 57.5 Å². The number of carbonyl (C=O) groups is 1. The van der Waals surface area contributed by atoms with Crippen LogP contribution in [0, 0.1) is 0 Å².